The first kappa shape index (κ1) is 22.0. The van der Waals surface area contributed by atoms with Crippen molar-refractivity contribution in [1.29, 1.82) is 5.26 Å². The average Bonchev–Trinajstić information content (AvgIpc) is 2.74. The highest BCUT2D eigenvalue weighted by Gasteiger charge is 2.12. The molecular weight excluding hydrogens is 562 g/mol. The Labute approximate surface area is 195 Å². The largest absolute Gasteiger partial charge is 0.488 e. The minimum absolute atomic E-state index is 0.0231. The van der Waals surface area contributed by atoms with Crippen LogP contribution >= 0.6 is 38.5 Å². The predicted octanol–water partition coefficient (Wildman–Crippen LogP) is 6.32. The maximum Gasteiger partial charge on any atom is 0.266 e. The molecule has 0 fully saturated rings. The van der Waals surface area contributed by atoms with E-state index in [0.717, 1.165) is 13.6 Å². The molecule has 0 spiro atoms. The lowest BCUT2D eigenvalue weighted by molar-refractivity contribution is -0.112. The smallest absolute Gasteiger partial charge is 0.266 e. The standard InChI is InChI=1S/C23H15BrFIN2O2/c24-18-8-5-15(6-9-18)14-30-22-10-7-16(12-20(22)26)11-17(13-27)23(29)28-21-4-2-1-3-19(21)25/h1-12H,14H2,(H,28,29)/b17-11-. The molecule has 0 saturated carbocycles. The van der Waals surface area contributed by atoms with Gasteiger partial charge in [0.05, 0.1) is 9.26 Å². The quantitative estimate of drug-likeness (QED) is 0.212. The summed E-state index contributed by atoms with van der Waals surface area (Å²) in [5.74, 6) is -0.539. The van der Waals surface area contributed by atoms with Gasteiger partial charge in [0, 0.05) is 4.47 Å². The molecule has 30 heavy (non-hydrogen) atoms. The van der Waals surface area contributed by atoms with Crippen LogP contribution in [0, 0.1) is 20.7 Å². The van der Waals surface area contributed by atoms with Crippen molar-refractivity contribution >= 4 is 56.2 Å². The van der Waals surface area contributed by atoms with E-state index >= 15 is 0 Å². The molecule has 0 radical (unpaired) electrons. The van der Waals surface area contributed by atoms with Gasteiger partial charge >= 0.3 is 0 Å². The number of carbonyl (C=O) groups is 1. The van der Waals surface area contributed by atoms with Crippen LogP contribution in [0.15, 0.2) is 76.8 Å². The number of benzene rings is 3. The zero-order valence-electron chi connectivity index (χ0n) is 15.5. The third kappa shape index (κ3) is 5.90. The van der Waals surface area contributed by atoms with Crippen molar-refractivity contribution in [3.05, 3.63) is 97.3 Å². The lowest BCUT2D eigenvalue weighted by Gasteiger charge is -2.09. The van der Waals surface area contributed by atoms with E-state index in [1.165, 1.54) is 24.3 Å². The number of halogens is 3. The molecule has 3 aromatic carbocycles. The number of rotatable bonds is 6. The molecule has 0 unspecified atom stereocenters. The Balaban J connectivity index is 1.71. The first-order chi connectivity index (χ1) is 14.5. The Hall–Kier alpha value is -2.70. The molecule has 0 saturated heterocycles. The van der Waals surface area contributed by atoms with Gasteiger partial charge in [-0.2, -0.15) is 5.26 Å². The van der Waals surface area contributed by atoms with Crippen LogP contribution in [0.5, 0.6) is 5.75 Å². The number of ether oxygens (including phenoxy) is 1. The fourth-order valence-corrected chi connectivity index (χ4v) is 3.49. The summed E-state index contributed by atoms with van der Waals surface area (Å²) in [6.07, 6.45) is 1.46. The number of hydrogen-bond acceptors (Lipinski definition) is 3. The molecule has 0 atom stereocenters. The second kappa shape index (κ2) is 10.4. The van der Waals surface area contributed by atoms with Gasteiger partial charge in [-0.15, -0.1) is 0 Å². The number of hydrogen-bond donors (Lipinski definition) is 1. The monoisotopic (exact) mass is 576 g/mol. The number of nitriles is 1. The third-order valence-corrected chi connectivity index (χ3v) is 5.43. The molecular formula is C23H15BrFIN2O2. The van der Waals surface area contributed by atoms with Crippen LogP contribution in [-0.4, -0.2) is 5.91 Å². The van der Waals surface area contributed by atoms with Gasteiger partial charge in [-0.1, -0.05) is 46.3 Å². The van der Waals surface area contributed by atoms with Crippen LogP contribution in [0.4, 0.5) is 10.1 Å². The Bertz CT molecular complexity index is 1140. The molecule has 0 bridgehead atoms. The summed E-state index contributed by atoms with van der Waals surface area (Å²) >= 11 is 5.54. The summed E-state index contributed by atoms with van der Waals surface area (Å²) in [6.45, 7) is 0.424. The van der Waals surface area contributed by atoms with Crippen LogP contribution in [0.25, 0.3) is 6.08 Å². The number of amides is 1. The van der Waals surface area contributed by atoms with Gasteiger partial charge in [0.15, 0.2) is 0 Å². The number of nitrogens with one attached hydrogen (secondary N) is 1. The van der Waals surface area contributed by atoms with Crippen LogP contribution in [0.3, 0.4) is 0 Å². The second-order valence-electron chi connectivity index (χ2n) is 6.21. The van der Waals surface area contributed by atoms with Crippen molar-refractivity contribution in [3.8, 4) is 11.8 Å². The van der Waals surface area contributed by atoms with Crippen LogP contribution < -0.4 is 10.1 Å². The van der Waals surface area contributed by atoms with E-state index < -0.39 is 11.7 Å². The van der Waals surface area contributed by atoms with Crippen LogP contribution in [0.1, 0.15) is 11.1 Å². The fourth-order valence-electron chi connectivity index (χ4n) is 2.53. The first-order valence-corrected chi connectivity index (χ1v) is 10.7. The molecule has 3 aromatic rings. The van der Waals surface area contributed by atoms with Crippen molar-refractivity contribution in [2.45, 2.75) is 6.61 Å². The van der Waals surface area contributed by atoms with Gasteiger partial charge in [0.25, 0.3) is 5.91 Å². The maximum atomic E-state index is 13.7. The topological polar surface area (TPSA) is 62.1 Å². The predicted molar refractivity (Wildman–Crippen MR) is 126 cm³/mol. The summed E-state index contributed by atoms with van der Waals surface area (Å²) < 4.78 is 21.4. The van der Waals surface area contributed by atoms with Crippen molar-refractivity contribution in [2.75, 3.05) is 5.32 Å². The fraction of sp³-hybridized carbons (Fsp3) is 0.0435. The normalized spacial score (nSPS) is 10.9. The van der Waals surface area contributed by atoms with Gasteiger partial charge in [0.2, 0.25) is 0 Å². The molecule has 4 nitrogen and oxygen atoms in total. The first-order valence-electron chi connectivity index (χ1n) is 8.81. The van der Waals surface area contributed by atoms with E-state index in [9.17, 15) is 14.4 Å². The lowest BCUT2D eigenvalue weighted by atomic mass is 10.1. The summed E-state index contributed by atoms with van der Waals surface area (Å²) in [5.41, 5.74) is 1.60. The minimum Gasteiger partial charge on any atom is -0.488 e. The van der Waals surface area contributed by atoms with E-state index in [2.05, 4.69) is 43.8 Å². The molecule has 1 N–H and O–H groups in total. The van der Waals surface area contributed by atoms with Gasteiger partial charge in [0.1, 0.15) is 29.8 Å². The zero-order valence-corrected chi connectivity index (χ0v) is 19.3. The van der Waals surface area contributed by atoms with E-state index in [0.29, 0.717) is 17.9 Å². The zero-order chi connectivity index (χ0) is 21.5. The van der Waals surface area contributed by atoms with E-state index in [-0.39, 0.29) is 11.3 Å². The summed E-state index contributed by atoms with van der Waals surface area (Å²) in [5, 5.41) is 11.8. The van der Waals surface area contributed by atoms with E-state index in [1.807, 2.05) is 36.4 Å². The molecule has 0 heterocycles. The van der Waals surface area contributed by atoms with Gasteiger partial charge in [-0.05, 0) is 76.2 Å². The van der Waals surface area contributed by atoms with E-state index in [4.69, 9.17) is 4.74 Å². The highest BCUT2D eigenvalue weighted by Crippen LogP contribution is 2.25. The van der Waals surface area contributed by atoms with Crippen molar-refractivity contribution in [3.63, 3.8) is 0 Å². The number of para-hydroxylation sites is 1. The average molecular weight is 577 g/mol. The lowest BCUT2D eigenvalue weighted by Crippen LogP contribution is -2.14. The van der Waals surface area contributed by atoms with Crippen molar-refractivity contribution in [2.24, 2.45) is 0 Å². The highest BCUT2D eigenvalue weighted by molar-refractivity contribution is 14.1. The Kier molecular flexibility index (Phi) is 7.60. The molecule has 0 aliphatic heterocycles. The highest BCUT2D eigenvalue weighted by atomic mass is 127. The molecule has 0 aromatic heterocycles. The van der Waals surface area contributed by atoms with Crippen LogP contribution in [-0.2, 0) is 11.4 Å². The molecule has 7 heteroatoms. The van der Waals surface area contributed by atoms with Gasteiger partial charge < -0.3 is 10.1 Å². The van der Waals surface area contributed by atoms with Gasteiger partial charge in [-0.3, -0.25) is 4.79 Å². The van der Waals surface area contributed by atoms with Crippen molar-refractivity contribution < 1.29 is 13.9 Å². The summed E-state index contributed by atoms with van der Waals surface area (Å²) in [6, 6.07) is 20.9. The second-order valence-corrected chi connectivity index (χ2v) is 8.29. The third-order valence-electron chi connectivity index (χ3n) is 4.06. The maximum absolute atomic E-state index is 13.7. The number of carbonyl (C=O) groups excluding carboxylic acids is 1. The van der Waals surface area contributed by atoms with Gasteiger partial charge in [-0.25, -0.2) is 4.39 Å². The number of anilines is 1. The minimum atomic E-state index is -0.673. The Morgan fingerprint density at radius 3 is 2.57 bits per heavy atom. The molecule has 150 valence electrons. The molecule has 1 amide bonds. The number of nitrogens with zero attached hydrogens (tertiary/aromatic N) is 1. The Morgan fingerprint density at radius 2 is 1.90 bits per heavy atom. The summed E-state index contributed by atoms with van der Waals surface area (Å²) in [4.78, 5) is 12.3. The van der Waals surface area contributed by atoms with Crippen LogP contribution in [0.2, 0.25) is 0 Å². The molecule has 3 rings (SSSR count). The van der Waals surface area contributed by atoms with Crippen molar-refractivity contribution in [1.82, 2.24) is 0 Å². The Morgan fingerprint density at radius 1 is 1.17 bits per heavy atom. The summed E-state index contributed by atoms with van der Waals surface area (Å²) in [7, 11) is 0. The SMILES string of the molecule is N#C/C(=C/c1ccc(OCc2ccc(Br)cc2)c(I)c1)C(=O)Nc1ccccc1F. The molecule has 0 aliphatic carbocycles. The van der Waals surface area contributed by atoms with E-state index in [1.54, 1.807) is 18.2 Å². The molecule has 0 aliphatic rings.